The van der Waals surface area contributed by atoms with Gasteiger partial charge >= 0.3 is 11.9 Å². The summed E-state index contributed by atoms with van der Waals surface area (Å²) in [5.74, 6) is -0.337. The molecule has 1 saturated carbocycles. The van der Waals surface area contributed by atoms with Crippen LogP contribution in [0.25, 0.3) is 0 Å². The Hall–Kier alpha value is -1.78. The Labute approximate surface area is 118 Å². The smallest absolute Gasteiger partial charge is 0.355 e. The highest BCUT2D eigenvalue weighted by Gasteiger charge is 2.26. The number of carbonyl (C=O) groups is 2. The summed E-state index contributed by atoms with van der Waals surface area (Å²) in [7, 11) is 0. The Morgan fingerprint density at radius 1 is 1.30 bits per heavy atom. The fraction of sp³-hybridized carbons (Fsp3) is 0.600. The predicted molar refractivity (Wildman–Crippen MR) is 73.7 cm³/mol. The van der Waals surface area contributed by atoms with Crippen LogP contribution < -0.4 is 0 Å². The molecule has 1 heterocycles. The van der Waals surface area contributed by atoms with E-state index < -0.39 is 17.5 Å². The second-order valence-corrected chi connectivity index (χ2v) is 6.25. The van der Waals surface area contributed by atoms with Gasteiger partial charge in [-0.25, -0.2) is 9.59 Å². The van der Waals surface area contributed by atoms with Crippen LogP contribution in [-0.2, 0) is 9.47 Å². The molecule has 0 radical (unpaired) electrons. The Balaban J connectivity index is 2.05. The van der Waals surface area contributed by atoms with Gasteiger partial charge in [-0.1, -0.05) is 0 Å². The summed E-state index contributed by atoms with van der Waals surface area (Å²) in [5.41, 5.74) is 0.706. The number of aromatic amines is 1. The van der Waals surface area contributed by atoms with E-state index in [9.17, 15) is 9.59 Å². The van der Waals surface area contributed by atoms with Crippen molar-refractivity contribution in [3.8, 4) is 0 Å². The molecule has 1 fully saturated rings. The number of H-pyrrole nitrogens is 1. The number of carbonyl (C=O) groups excluding carboxylic acids is 2. The number of hydrogen-bond acceptors (Lipinski definition) is 4. The predicted octanol–water partition coefficient (Wildman–Crippen LogP) is 2.85. The van der Waals surface area contributed by atoms with Crippen LogP contribution in [0.5, 0.6) is 0 Å². The Kier molecular flexibility index (Phi) is 3.88. The fourth-order valence-corrected chi connectivity index (χ4v) is 1.80. The first-order chi connectivity index (χ1) is 9.28. The van der Waals surface area contributed by atoms with Crippen molar-refractivity contribution in [3.05, 3.63) is 23.0 Å². The van der Waals surface area contributed by atoms with Gasteiger partial charge in [0.2, 0.25) is 0 Å². The van der Waals surface area contributed by atoms with Gasteiger partial charge in [0.1, 0.15) is 11.3 Å². The molecule has 0 unspecified atom stereocenters. The van der Waals surface area contributed by atoms with Crippen LogP contribution in [0.3, 0.4) is 0 Å². The molecule has 0 aromatic carbocycles. The molecule has 20 heavy (non-hydrogen) atoms. The molecule has 1 N–H and O–H groups in total. The summed E-state index contributed by atoms with van der Waals surface area (Å²) in [4.78, 5) is 26.7. The quantitative estimate of drug-likeness (QED) is 0.860. The third kappa shape index (κ3) is 3.62. The standard InChI is InChI=1S/C15H21NO4/c1-9-11(13(17)20-15(2,3)4)7-16-12(9)14(18)19-8-10-5-6-10/h7,10,16H,5-6,8H2,1-4H3. The van der Waals surface area contributed by atoms with Crippen LogP contribution in [0.15, 0.2) is 6.20 Å². The van der Waals surface area contributed by atoms with Gasteiger partial charge in [-0.15, -0.1) is 0 Å². The van der Waals surface area contributed by atoms with E-state index >= 15 is 0 Å². The van der Waals surface area contributed by atoms with Gasteiger partial charge in [-0.3, -0.25) is 0 Å². The highest BCUT2D eigenvalue weighted by atomic mass is 16.6. The molecular weight excluding hydrogens is 258 g/mol. The molecule has 0 spiro atoms. The van der Waals surface area contributed by atoms with Crippen LogP contribution in [-0.4, -0.2) is 29.1 Å². The zero-order chi connectivity index (χ0) is 14.9. The lowest BCUT2D eigenvalue weighted by Crippen LogP contribution is -2.24. The van der Waals surface area contributed by atoms with E-state index in [2.05, 4.69) is 4.98 Å². The van der Waals surface area contributed by atoms with Gasteiger partial charge in [-0.05, 0) is 52.0 Å². The molecule has 1 aliphatic rings. The summed E-state index contributed by atoms with van der Waals surface area (Å²) >= 11 is 0. The average molecular weight is 279 g/mol. The number of aromatic nitrogens is 1. The van der Waals surface area contributed by atoms with Crippen molar-refractivity contribution in [2.24, 2.45) is 5.92 Å². The number of nitrogens with one attached hydrogen (secondary N) is 1. The topological polar surface area (TPSA) is 68.4 Å². The van der Waals surface area contributed by atoms with Gasteiger partial charge in [0.05, 0.1) is 12.2 Å². The third-order valence-corrected chi connectivity index (χ3v) is 3.11. The Morgan fingerprint density at radius 3 is 2.50 bits per heavy atom. The average Bonchev–Trinajstić information content (AvgIpc) is 3.06. The lowest BCUT2D eigenvalue weighted by atomic mass is 10.1. The van der Waals surface area contributed by atoms with Gasteiger partial charge in [0.15, 0.2) is 0 Å². The molecule has 1 aromatic heterocycles. The van der Waals surface area contributed by atoms with Gasteiger partial charge in [0, 0.05) is 6.20 Å². The number of ether oxygens (including phenoxy) is 2. The van der Waals surface area contributed by atoms with Gasteiger partial charge in [0.25, 0.3) is 0 Å². The molecule has 0 saturated heterocycles. The normalized spacial score (nSPS) is 15.0. The van der Waals surface area contributed by atoms with Crippen LogP contribution >= 0.6 is 0 Å². The zero-order valence-electron chi connectivity index (χ0n) is 12.4. The zero-order valence-corrected chi connectivity index (χ0v) is 12.4. The molecule has 0 bridgehead atoms. The second-order valence-electron chi connectivity index (χ2n) is 6.25. The minimum atomic E-state index is -0.562. The van der Waals surface area contributed by atoms with Gasteiger partial charge in [-0.2, -0.15) is 0 Å². The maximum atomic E-state index is 12.0. The van der Waals surface area contributed by atoms with E-state index in [1.54, 1.807) is 27.7 Å². The second kappa shape index (κ2) is 5.31. The number of hydrogen-bond donors (Lipinski definition) is 1. The molecule has 1 aromatic rings. The lowest BCUT2D eigenvalue weighted by Gasteiger charge is -2.19. The third-order valence-electron chi connectivity index (χ3n) is 3.11. The largest absolute Gasteiger partial charge is 0.461 e. The van der Waals surface area contributed by atoms with E-state index in [1.165, 1.54) is 6.20 Å². The van der Waals surface area contributed by atoms with Crippen LogP contribution in [0, 0.1) is 12.8 Å². The van der Waals surface area contributed by atoms with E-state index in [4.69, 9.17) is 9.47 Å². The number of esters is 2. The SMILES string of the molecule is Cc1c(C(=O)OC(C)(C)C)c[nH]c1C(=O)OCC1CC1. The molecule has 0 atom stereocenters. The first-order valence-corrected chi connectivity index (χ1v) is 6.86. The van der Waals surface area contributed by atoms with Crippen LogP contribution in [0.1, 0.15) is 60.0 Å². The van der Waals surface area contributed by atoms with Crippen LogP contribution in [0.2, 0.25) is 0 Å². The molecule has 0 aliphatic heterocycles. The molecule has 1 aliphatic carbocycles. The summed E-state index contributed by atoms with van der Waals surface area (Å²) in [6, 6.07) is 0. The van der Waals surface area contributed by atoms with Crippen molar-refractivity contribution in [1.29, 1.82) is 0 Å². The van der Waals surface area contributed by atoms with Crippen molar-refractivity contribution >= 4 is 11.9 Å². The molecule has 2 rings (SSSR count). The molecule has 5 nitrogen and oxygen atoms in total. The van der Waals surface area contributed by atoms with Crippen molar-refractivity contribution in [2.45, 2.75) is 46.1 Å². The Morgan fingerprint density at radius 2 is 1.95 bits per heavy atom. The summed E-state index contributed by atoms with van der Waals surface area (Å²) < 4.78 is 10.5. The summed E-state index contributed by atoms with van der Waals surface area (Å²) in [5, 5.41) is 0. The monoisotopic (exact) mass is 279 g/mol. The maximum Gasteiger partial charge on any atom is 0.355 e. The van der Waals surface area contributed by atoms with Crippen LogP contribution in [0.4, 0.5) is 0 Å². The van der Waals surface area contributed by atoms with Crippen molar-refractivity contribution in [1.82, 2.24) is 4.98 Å². The first-order valence-electron chi connectivity index (χ1n) is 6.86. The summed E-state index contributed by atoms with van der Waals surface area (Å²) in [6.07, 6.45) is 3.75. The molecule has 0 amide bonds. The minimum Gasteiger partial charge on any atom is -0.461 e. The minimum absolute atomic E-state index is 0.325. The molecular formula is C15H21NO4. The van der Waals surface area contributed by atoms with E-state index in [0.29, 0.717) is 29.3 Å². The maximum absolute atomic E-state index is 12.0. The van der Waals surface area contributed by atoms with Crippen molar-refractivity contribution < 1.29 is 19.1 Å². The van der Waals surface area contributed by atoms with E-state index in [1.807, 2.05) is 0 Å². The fourth-order valence-electron chi connectivity index (χ4n) is 1.80. The molecule has 5 heteroatoms. The Bertz CT molecular complexity index is 520. The van der Waals surface area contributed by atoms with Crippen molar-refractivity contribution in [2.75, 3.05) is 6.61 Å². The summed E-state index contributed by atoms with van der Waals surface area (Å²) in [6.45, 7) is 7.58. The van der Waals surface area contributed by atoms with E-state index in [0.717, 1.165) is 12.8 Å². The lowest BCUT2D eigenvalue weighted by molar-refractivity contribution is 0.00690. The van der Waals surface area contributed by atoms with Crippen molar-refractivity contribution in [3.63, 3.8) is 0 Å². The highest BCUT2D eigenvalue weighted by molar-refractivity contribution is 5.97. The number of rotatable bonds is 4. The highest BCUT2D eigenvalue weighted by Crippen LogP contribution is 2.29. The van der Waals surface area contributed by atoms with E-state index in [-0.39, 0.29) is 0 Å². The van der Waals surface area contributed by atoms with Gasteiger partial charge < -0.3 is 14.5 Å². The first kappa shape index (κ1) is 14.6. The molecule has 110 valence electrons.